The third-order valence-electron chi connectivity index (χ3n) is 3.86. The van der Waals surface area contributed by atoms with Gasteiger partial charge in [-0.25, -0.2) is 0 Å². The van der Waals surface area contributed by atoms with Crippen molar-refractivity contribution in [1.82, 2.24) is 10.3 Å². The number of aromatic nitrogens is 1. The maximum Gasteiger partial charge on any atom is 0.416 e. The average molecular weight is 332 g/mol. The molecule has 3 nitrogen and oxygen atoms in total. The summed E-state index contributed by atoms with van der Waals surface area (Å²) in [6.45, 7) is 1.73. The summed E-state index contributed by atoms with van der Waals surface area (Å²) in [7, 11) is 0. The van der Waals surface area contributed by atoms with Crippen molar-refractivity contribution in [2.24, 2.45) is 0 Å². The van der Waals surface area contributed by atoms with Crippen molar-refractivity contribution in [1.29, 1.82) is 0 Å². The maximum atomic E-state index is 12.6. The zero-order valence-electron chi connectivity index (χ0n) is 12.8. The molecule has 0 saturated carbocycles. The second kappa shape index (κ2) is 6.03. The van der Waals surface area contributed by atoms with Crippen molar-refractivity contribution in [3.8, 4) is 0 Å². The van der Waals surface area contributed by atoms with E-state index in [1.54, 1.807) is 13.0 Å². The van der Waals surface area contributed by atoms with Crippen molar-refractivity contribution in [2.45, 2.75) is 19.1 Å². The van der Waals surface area contributed by atoms with Crippen molar-refractivity contribution in [3.05, 3.63) is 71.4 Å². The molecule has 3 aromatic rings. The Morgan fingerprint density at radius 1 is 1.08 bits per heavy atom. The Labute approximate surface area is 136 Å². The third-order valence-corrected chi connectivity index (χ3v) is 3.86. The Morgan fingerprint density at radius 2 is 1.75 bits per heavy atom. The van der Waals surface area contributed by atoms with Crippen LogP contribution in [0.25, 0.3) is 10.9 Å². The number of hydrogen-bond acceptors (Lipinski definition) is 1. The number of alkyl halides is 3. The van der Waals surface area contributed by atoms with Crippen LogP contribution < -0.4 is 5.32 Å². The molecule has 24 heavy (non-hydrogen) atoms. The van der Waals surface area contributed by atoms with Gasteiger partial charge in [0.2, 0.25) is 0 Å². The monoisotopic (exact) mass is 332 g/mol. The topological polar surface area (TPSA) is 44.9 Å². The second-order valence-corrected chi connectivity index (χ2v) is 5.59. The van der Waals surface area contributed by atoms with Crippen LogP contribution in [-0.4, -0.2) is 10.9 Å². The minimum atomic E-state index is -4.37. The number of carbonyl (C=O) groups is 1. The number of para-hydroxylation sites is 1. The molecule has 0 bridgehead atoms. The summed E-state index contributed by atoms with van der Waals surface area (Å²) in [6.07, 6.45) is -4.37. The van der Waals surface area contributed by atoms with Crippen molar-refractivity contribution in [2.75, 3.05) is 0 Å². The molecule has 124 valence electrons. The van der Waals surface area contributed by atoms with Crippen LogP contribution in [0.4, 0.5) is 13.2 Å². The number of H-pyrrole nitrogens is 1. The lowest BCUT2D eigenvalue weighted by molar-refractivity contribution is -0.137. The molecule has 0 aliphatic rings. The van der Waals surface area contributed by atoms with Crippen LogP contribution in [0.5, 0.6) is 0 Å². The average Bonchev–Trinajstić information content (AvgIpc) is 2.98. The molecule has 0 unspecified atom stereocenters. The molecule has 1 heterocycles. The Kier molecular flexibility index (Phi) is 4.05. The molecule has 1 aromatic heterocycles. The zero-order valence-corrected chi connectivity index (χ0v) is 12.8. The molecular formula is C18H15F3N2O. The molecule has 1 atom stereocenters. The first kappa shape index (κ1) is 16.1. The highest BCUT2D eigenvalue weighted by molar-refractivity contribution is 5.98. The zero-order chi connectivity index (χ0) is 17.3. The molecule has 2 aromatic carbocycles. The van der Waals surface area contributed by atoms with Gasteiger partial charge in [-0.1, -0.05) is 30.3 Å². The maximum absolute atomic E-state index is 12.6. The van der Waals surface area contributed by atoms with Crippen LogP contribution in [0.2, 0.25) is 0 Å². The van der Waals surface area contributed by atoms with Crippen LogP contribution >= 0.6 is 0 Å². The van der Waals surface area contributed by atoms with E-state index in [1.165, 1.54) is 12.1 Å². The molecule has 2 N–H and O–H groups in total. The van der Waals surface area contributed by atoms with Crippen LogP contribution in [0, 0.1) is 0 Å². The Hall–Kier alpha value is -2.76. The first-order chi connectivity index (χ1) is 11.3. The van der Waals surface area contributed by atoms with Gasteiger partial charge in [0, 0.05) is 10.9 Å². The molecule has 6 heteroatoms. The minimum absolute atomic E-state index is 0.307. The number of nitrogens with one attached hydrogen (secondary N) is 2. The fraction of sp³-hybridized carbons (Fsp3) is 0.167. The quantitative estimate of drug-likeness (QED) is 0.719. The van der Waals surface area contributed by atoms with Gasteiger partial charge in [0.15, 0.2) is 0 Å². The Morgan fingerprint density at radius 3 is 2.38 bits per heavy atom. The van der Waals surface area contributed by atoms with Gasteiger partial charge in [0.25, 0.3) is 5.91 Å². The predicted molar refractivity (Wildman–Crippen MR) is 85.6 cm³/mol. The highest BCUT2D eigenvalue weighted by Gasteiger charge is 2.30. The first-order valence-electron chi connectivity index (χ1n) is 7.40. The molecule has 1 amide bonds. The van der Waals surface area contributed by atoms with E-state index in [1.807, 2.05) is 24.3 Å². The van der Waals surface area contributed by atoms with E-state index >= 15 is 0 Å². The van der Waals surface area contributed by atoms with Gasteiger partial charge in [-0.05, 0) is 36.8 Å². The van der Waals surface area contributed by atoms with Crippen LogP contribution in [0.15, 0.2) is 54.6 Å². The highest BCUT2D eigenvalue weighted by atomic mass is 19.4. The van der Waals surface area contributed by atoms with Crippen molar-refractivity contribution >= 4 is 16.8 Å². The number of hydrogen-bond donors (Lipinski definition) is 2. The number of amides is 1. The Balaban J connectivity index is 1.74. The molecule has 0 fully saturated rings. The van der Waals surface area contributed by atoms with Gasteiger partial charge in [-0.3, -0.25) is 4.79 Å². The van der Waals surface area contributed by atoms with Crippen LogP contribution in [0.1, 0.15) is 34.6 Å². The number of halogens is 3. The molecule has 0 spiro atoms. The number of aromatic amines is 1. The summed E-state index contributed by atoms with van der Waals surface area (Å²) in [5.41, 5.74) is 1.16. The number of rotatable bonds is 3. The SMILES string of the molecule is C[C@@H](NC(=O)c1cc2ccccc2[nH]1)c1ccc(C(F)(F)F)cc1. The number of fused-ring (bicyclic) bond motifs is 1. The smallest absolute Gasteiger partial charge is 0.351 e. The number of benzene rings is 2. The highest BCUT2D eigenvalue weighted by Crippen LogP contribution is 2.30. The van der Waals surface area contributed by atoms with Gasteiger partial charge in [-0.15, -0.1) is 0 Å². The van der Waals surface area contributed by atoms with Gasteiger partial charge < -0.3 is 10.3 Å². The fourth-order valence-corrected chi connectivity index (χ4v) is 2.51. The van der Waals surface area contributed by atoms with E-state index in [-0.39, 0.29) is 5.91 Å². The van der Waals surface area contributed by atoms with E-state index in [4.69, 9.17) is 0 Å². The summed E-state index contributed by atoms with van der Waals surface area (Å²) < 4.78 is 37.7. The molecule has 0 aliphatic heterocycles. The minimum Gasteiger partial charge on any atom is -0.351 e. The third kappa shape index (κ3) is 3.27. The standard InChI is InChI=1S/C18H15F3N2O/c1-11(12-6-8-14(9-7-12)18(19,20)21)22-17(24)16-10-13-4-2-3-5-15(13)23-16/h2-11,23H,1H3,(H,22,24)/t11-/m1/s1. The summed E-state index contributed by atoms with van der Waals surface area (Å²) in [5.74, 6) is -0.307. The van der Waals surface area contributed by atoms with Crippen LogP contribution in [0.3, 0.4) is 0 Å². The second-order valence-electron chi connectivity index (χ2n) is 5.59. The Bertz CT molecular complexity index is 833. The summed E-state index contributed by atoms with van der Waals surface area (Å²) in [6, 6.07) is 13.6. The van der Waals surface area contributed by atoms with Crippen molar-refractivity contribution < 1.29 is 18.0 Å². The van der Waals surface area contributed by atoms with Gasteiger partial charge in [0.05, 0.1) is 11.6 Å². The summed E-state index contributed by atoms with van der Waals surface area (Å²) in [4.78, 5) is 15.3. The lowest BCUT2D eigenvalue weighted by atomic mass is 10.1. The van der Waals surface area contributed by atoms with Gasteiger partial charge in [-0.2, -0.15) is 13.2 Å². The molecule has 0 saturated heterocycles. The van der Waals surface area contributed by atoms with E-state index in [0.29, 0.717) is 11.3 Å². The summed E-state index contributed by atoms with van der Waals surface area (Å²) >= 11 is 0. The van der Waals surface area contributed by atoms with E-state index in [2.05, 4.69) is 10.3 Å². The lowest BCUT2D eigenvalue weighted by Crippen LogP contribution is -2.26. The van der Waals surface area contributed by atoms with E-state index < -0.39 is 17.8 Å². The first-order valence-corrected chi connectivity index (χ1v) is 7.40. The van der Waals surface area contributed by atoms with Crippen LogP contribution in [-0.2, 0) is 6.18 Å². The fourth-order valence-electron chi connectivity index (χ4n) is 2.51. The van der Waals surface area contributed by atoms with E-state index in [9.17, 15) is 18.0 Å². The largest absolute Gasteiger partial charge is 0.416 e. The predicted octanol–water partition coefficient (Wildman–Crippen LogP) is 4.68. The van der Waals surface area contributed by atoms with Gasteiger partial charge in [0.1, 0.15) is 5.69 Å². The van der Waals surface area contributed by atoms with Crippen molar-refractivity contribution in [3.63, 3.8) is 0 Å². The van der Waals surface area contributed by atoms with Gasteiger partial charge >= 0.3 is 6.18 Å². The molecule has 3 rings (SSSR count). The lowest BCUT2D eigenvalue weighted by Gasteiger charge is -2.15. The van der Waals surface area contributed by atoms with E-state index in [0.717, 1.165) is 23.0 Å². The number of carbonyl (C=O) groups excluding carboxylic acids is 1. The normalized spacial score (nSPS) is 13.0. The molecule has 0 aliphatic carbocycles. The molecule has 0 radical (unpaired) electrons. The molecular weight excluding hydrogens is 317 g/mol. The summed E-state index contributed by atoms with van der Waals surface area (Å²) in [5, 5.41) is 3.70.